The average Bonchev–Trinajstić information content (AvgIpc) is 3.29. The minimum atomic E-state index is -4.61. The number of nitrogens with zero attached hydrogens (tertiary/aromatic N) is 4. The molecule has 1 N–H and O–H groups in total. The fourth-order valence-corrected chi connectivity index (χ4v) is 5.30. The van der Waals surface area contributed by atoms with Crippen LogP contribution < -0.4 is 0 Å². The van der Waals surface area contributed by atoms with Gasteiger partial charge in [0.15, 0.2) is 0 Å². The lowest BCUT2D eigenvalue weighted by Gasteiger charge is -2.35. The molecule has 2 aromatic heterocycles. The van der Waals surface area contributed by atoms with Crippen LogP contribution in [0, 0.1) is 11.7 Å². The van der Waals surface area contributed by atoms with Crippen LogP contribution in [0.1, 0.15) is 41.6 Å². The Morgan fingerprint density at radius 1 is 1.14 bits per heavy atom. The Hall–Kier alpha value is -3.27. The van der Waals surface area contributed by atoms with Gasteiger partial charge in [0, 0.05) is 73.8 Å². The van der Waals surface area contributed by atoms with Crippen molar-refractivity contribution < 1.29 is 22.4 Å². The highest BCUT2D eigenvalue weighted by atomic mass is 19.4. The molecule has 36 heavy (non-hydrogen) atoms. The Morgan fingerprint density at radius 2 is 1.94 bits per heavy atom. The molecule has 0 radical (unpaired) electrons. The van der Waals surface area contributed by atoms with E-state index in [0.29, 0.717) is 39.0 Å². The average molecular weight is 502 g/mol. The zero-order valence-corrected chi connectivity index (χ0v) is 19.7. The molecule has 190 valence electrons. The molecule has 2 aliphatic heterocycles. The number of alkyl halides is 3. The first kappa shape index (κ1) is 24.4. The number of amides is 1. The number of fused-ring (bicyclic) bond motifs is 1. The zero-order valence-electron chi connectivity index (χ0n) is 19.7. The van der Waals surface area contributed by atoms with Crippen LogP contribution in [0.25, 0.3) is 11.3 Å². The molecule has 5 rings (SSSR count). The maximum absolute atomic E-state index is 14.3. The number of halogens is 4. The highest BCUT2D eigenvalue weighted by molar-refractivity contribution is 5.77. The van der Waals surface area contributed by atoms with E-state index >= 15 is 0 Å². The van der Waals surface area contributed by atoms with Crippen LogP contribution in [0.4, 0.5) is 17.6 Å². The summed E-state index contributed by atoms with van der Waals surface area (Å²) in [5.41, 5.74) is 2.52. The van der Waals surface area contributed by atoms with Gasteiger partial charge in [-0.1, -0.05) is 6.07 Å². The lowest BCUT2D eigenvalue weighted by atomic mass is 9.92. The van der Waals surface area contributed by atoms with Crippen LogP contribution in [0.2, 0.25) is 0 Å². The largest absolute Gasteiger partial charge is 0.416 e. The van der Waals surface area contributed by atoms with Gasteiger partial charge >= 0.3 is 6.18 Å². The monoisotopic (exact) mass is 501 g/mol. The van der Waals surface area contributed by atoms with Gasteiger partial charge < -0.3 is 4.90 Å². The van der Waals surface area contributed by atoms with E-state index in [1.807, 2.05) is 21.9 Å². The van der Waals surface area contributed by atoms with Crippen molar-refractivity contribution in [3.05, 3.63) is 70.9 Å². The van der Waals surface area contributed by atoms with E-state index in [1.165, 1.54) is 0 Å². The molecule has 0 spiro atoms. The summed E-state index contributed by atoms with van der Waals surface area (Å²) in [4.78, 5) is 20.9. The SMILES string of the molecule is O=C(C[C@@H]1CCCN(Cc2c(F)cccc2C(F)(F)F)C1)N1CCc2[nH]nc(-c3ccncc3)c2C1. The Morgan fingerprint density at radius 3 is 2.72 bits per heavy atom. The molecule has 2 aliphatic rings. The standard InChI is InChI=1S/C26H27F4N5O/c27-22-5-1-4-21(26(28,29)30)19(22)15-34-11-2-3-17(14-34)13-24(36)35-12-8-23-20(16-35)25(33-32-23)18-6-9-31-10-7-18/h1,4-7,9-10,17H,2-3,8,11-16H2,(H,32,33)/t17-/m0/s1. The van der Waals surface area contributed by atoms with E-state index in [2.05, 4.69) is 15.2 Å². The molecule has 0 saturated carbocycles. The molecule has 0 aliphatic carbocycles. The molecule has 0 bridgehead atoms. The molecule has 10 heteroatoms. The number of carbonyl (C=O) groups excluding carboxylic acids is 1. The third-order valence-electron chi connectivity index (χ3n) is 7.11. The number of aromatic nitrogens is 3. The second-order valence-corrected chi connectivity index (χ2v) is 9.54. The van der Waals surface area contributed by atoms with Gasteiger partial charge in [-0.25, -0.2) is 4.39 Å². The van der Waals surface area contributed by atoms with Gasteiger partial charge in [0.05, 0.1) is 11.3 Å². The second kappa shape index (κ2) is 10.0. The summed E-state index contributed by atoms with van der Waals surface area (Å²) in [5, 5.41) is 7.54. The molecule has 4 heterocycles. The van der Waals surface area contributed by atoms with E-state index in [4.69, 9.17) is 0 Å². The maximum atomic E-state index is 14.3. The van der Waals surface area contributed by atoms with Crippen molar-refractivity contribution >= 4 is 5.91 Å². The molecular weight excluding hydrogens is 474 g/mol. The number of benzene rings is 1. The number of pyridine rings is 1. The molecule has 1 atom stereocenters. The van der Waals surface area contributed by atoms with Gasteiger partial charge in [-0.05, 0) is 49.6 Å². The summed E-state index contributed by atoms with van der Waals surface area (Å²) in [5.74, 6) is -0.814. The summed E-state index contributed by atoms with van der Waals surface area (Å²) in [6.45, 7) is 1.97. The molecule has 1 aromatic carbocycles. The lowest BCUT2D eigenvalue weighted by molar-refractivity contribution is -0.138. The van der Waals surface area contributed by atoms with Crippen molar-refractivity contribution in [1.82, 2.24) is 25.0 Å². The van der Waals surface area contributed by atoms with Gasteiger partial charge in [-0.3, -0.25) is 19.8 Å². The minimum absolute atomic E-state index is 0.0118. The Labute approximate surface area is 206 Å². The maximum Gasteiger partial charge on any atom is 0.416 e. The van der Waals surface area contributed by atoms with E-state index in [9.17, 15) is 22.4 Å². The van der Waals surface area contributed by atoms with Crippen molar-refractivity contribution in [2.45, 2.75) is 44.9 Å². The summed E-state index contributed by atoms with van der Waals surface area (Å²) in [7, 11) is 0. The van der Waals surface area contributed by atoms with Crippen LogP contribution in [0.3, 0.4) is 0 Å². The molecule has 1 saturated heterocycles. The molecule has 3 aromatic rings. The van der Waals surface area contributed by atoms with Crippen LogP contribution in [0.15, 0.2) is 42.7 Å². The summed E-state index contributed by atoms with van der Waals surface area (Å²) in [6, 6.07) is 6.84. The molecular formula is C26H27F4N5O. The third-order valence-corrected chi connectivity index (χ3v) is 7.11. The Kier molecular flexibility index (Phi) is 6.79. The predicted molar refractivity (Wildman–Crippen MR) is 125 cm³/mol. The lowest BCUT2D eigenvalue weighted by Crippen LogP contribution is -2.40. The van der Waals surface area contributed by atoms with Gasteiger partial charge in [-0.2, -0.15) is 18.3 Å². The number of H-pyrrole nitrogens is 1. The fourth-order valence-electron chi connectivity index (χ4n) is 5.30. The number of hydrogen-bond acceptors (Lipinski definition) is 4. The molecule has 0 unspecified atom stereocenters. The highest BCUT2D eigenvalue weighted by Gasteiger charge is 2.35. The number of nitrogens with one attached hydrogen (secondary N) is 1. The topological polar surface area (TPSA) is 65.1 Å². The Balaban J connectivity index is 1.23. The first-order valence-electron chi connectivity index (χ1n) is 12.1. The summed E-state index contributed by atoms with van der Waals surface area (Å²) >= 11 is 0. The van der Waals surface area contributed by atoms with Gasteiger partial charge in [0.25, 0.3) is 0 Å². The smallest absolute Gasteiger partial charge is 0.338 e. The normalized spacial score (nSPS) is 18.8. The molecule has 1 amide bonds. The van der Waals surface area contributed by atoms with Crippen LogP contribution in [-0.2, 0) is 30.5 Å². The summed E-state index contributed by atoms with van der Waals surface area (Å²) in [6.07, 6.45) is 1.37. The van der Waals surface area contributed by atoms with Gasteiger partial charge in [0.2, 0.25) is 5.91 Å². The van der Waals surface area contributed by atoms with Crippen molar-refractivity contribution in [3.63, 3.8) is 0 Å². The number of piperidine rings is 1. The number of likely N-dealkylation sites (tertiary alicyclic amines) is 1. The van der Waals surface area contributed by atoms with E-state index in [1.54, 1.807) is 12.4 Å². The molecule has 1 fully saturated rings. The zero-order chi connectivity index (χ0) is 25.3. The number of aromatic amines is 1. The number of carbonyl (C=O) groups is 1. The van der Waals surface area contributed by atoms with Crippen LogP contribution >= 0.6 is 0 Å². The minimum Gasteiger partial charge on any atom is -0.338 e. The van der Waals surface area contributed by atoms with Crippen LogP contribution in [-0.4, -0.2) is 50.5 Å². The van der Waals surface area contributed by atoms with Crippen molar-refractivity contribution in [1.29, 1.82) is 0 Å². The predicted octanol–water partition coefficient (Wildman–Crippen LogP) is 4.82. The summed E-state index contributed by atoms with van der Waals surface area (Å²) < 4.78 is 54.6. The van der Waals surface area contributed by atoms with Crippen LogP contribution in [0.5, 0.6) is 0 Å². The fraction of sp³-hybridized carbons (Fsp3) is 0.423. The second-order valence-electron chi connectivity index (χ2n) is 9.54. The van der Waals surface area contributed by atoms with Crippen molar-refractivity contribution in [2.24, 2.45) is 5.92 Å². The van der Waals surface area contributed by atoms with Crippen molar-refractivity contribution in [3.8, 4) is 11.3 Å². The number of hydrogen-bond donors (Lipinski definition) is 1. The van der Waals surface area contributed by atoms with Gasteiger partial charge in [-0.15, -0.1) is 0 Å². The van der Waals surface area contributed by atoms with E-state index in [-0.39, 0.29) is 23.9 Å². The van der Waals surface area contributed by atoms with E-state index < -0.39 is 17.6 Å². The third kappa shape index (κ3) is 5.13. The van der Waals surface area contributed by atoms with E-state index in [0.717, 1.165) is 53.6 Å². The molecule has 6 nitrogen and oxygen atoms in total. The highest BCUT2D eigenvalue weighted by Crippen LogP contribution is 2.35. The first-order valence-corrected chi connectivity index (χ1v) is 12.1. The first-order chi connectivity index (χ1) is 17.3. The van der Waals surface area contributed by atoms with Gasteiger partial charge in [0.1, 0.15) is 5.82 Å². The number of rotatable bonds is 5. The quantitative estimate of drug-likeness (QED) is 0.510. The van der Waals surface area contributed by atoms with Crippen molar-refractivity contribution in [2.75, 3.05) is 19.6 Å². The Bertz CT molecular complexity index is 1230.